The summed E-state index contributed by atoms with van der Waals surface area (Å²) in [6.45, 7) is 0. The van der Waals surface area contributed by atoms with Crippen LogP contribution in [0.15, 0.2) is 46.9 Å². The van der Waals surface area contributed by atoms with Crippen LogP contribution >= 0.6 is 38.5 Å². The first-order valence-corrected chi connectivity index (χ1v) is 7.21. The molecule has 2 aromatic carbocycles. The zero-order valence-corrected chi connectivity index (χ0v) is 13.4. The van der Waals surface area contributed by atoms with E-state index in [2.05, 4.69) is 15.9 Å². The van der Waals surface area contributed by atoms with Gasteiger partial charge in [0.1, 0.15) is 0 Å². The molecule has 0 aliphatic carbocycles. The van der Waals surface area contributed by atoms with Crippen LogP contribution in [0.3, 0.4) is 0 Å². The second kappa shape index (κ2) is 5.79. The number of urea groups is 1. The van der Waals surface area contributed by atoms with Gasteiger partial charge in [0.25, 0.3) is 0 Å². The lowest BCUT2D eigenvalue weighted by molar-refractivity contribution is 0.256. The first-order chi connectivity index (χ1) is 9.02. The van der Waals surface area contributed by atoms with Gasteiger partial charge in [0.2, 0.25) is 0 Å². The lowest BCUT2D eigenvalue weighted by Crippen LogP contribution is -2.31. The topological polar surface area (TPSA) is 66.6 Å². The summed E-state index contributed by atoms with van der Waals surface area (Å²) in [4.78, 5) is 13.0. The fourth-order valence-corrected chi connectivity index (χ4v) is 2.63. The highest BCUT2D eigenvalue weighted by Gasteiger charge is 2.21. The number of nitrogens with zero attached hydrogens (tertiary/aromatic N) is 1. The first kappa shape index (κ1) is 14.1. The molecule has 0 saturated carbocycles. The van der Waals surface area contributed by atoms with E-state index in [4.69, 9.17) is 5.73 Å². The molecular weight excluding hydrogens is 423 g/mol. The molecule has 98 valence electrons. The lowest BCUT2D eigenvalue weighted by atomic mass is 10.2. The summed E-state index contributed by atoms with van der Waals surface area (Å²) < 4.78 is 1.36. The highest BCUT2D eigenvalue weighted by atomic mass is 127. The SMILES string of the molecule is NC(=O)N(c1ccccc1Br)c1cccc(I)c1O. The van der Waals surface area contributed by atoms with Gasteiger partial charge in [0, 0.05) is 4.47 Å². The van der Waals surface area contributed by atoms with Crippen LogP contribution in [-0.2, 0) is 0 Å². The van der Waals surface area contributed by atoms with Crippen molar-refractivity contribution in [1.82, 2.24) is 0 Å². The van der Waals surface area contributed by atoms with Gasteiger partial charge < -0.3 is 10.8 Å². The van der Waals surface area contributed by atoms with Crippen molar-refractivity contribution >= 4 is 55.9 Å². The Bertz CT molecular complexity index is 634. The maximum atomic E-state index is 11.7. The van der Waals surface area contributed by atoms with Gasteiger partial charge in [0.15, 0.2) is 5.75 Å². The third-order valence-corrected chi connectivity index (χ3v) is 4.06. The molecule has 0 saturated heterocycles. The Morgan fingerprint density at radius 1 is 1.16 bits per heavy atom. The number of aromatic hydroxyl groups is 1. The summed E-state index contributed by atoms with van der Waals surface area (Å²) in [6.07, 6.45) is 0. The third-order valence-electron chi connectivity index (χ3n) is 2.52. The van der Waals surface area contributed by atoms with Gasteiger partial charge in [0.05, 0.1) is 14.9 Å². The average Bonchev–Trinajstić information content (AvgIpc) is 2.37. The van der Waals surface area contributed by atoms with Crippen molar-refractivity contribution in [2.45, 2.75) is 0 Å². The molecular formula is C13H10BrIN2O2. The van der Waals surface area contributed by atoms with Gasteiger partial charge in [-0.25, -0.2) is 4.79 Å². The van der Waals surface area contributed by atoms with Crippen molar-refractivity contribution in [3.8, 4) is 5.75 Å². The number of rotatable bonds is 2. The van der Waals surface area contributed by atoms with Crippen LogP contribution in [0.1, 0.15) is 0 Å². The Balaban J connectivity index is 2.62. The van der Waals surface area contributed by atoms with Crippen molar-refractivity contribution in [1.29, 1.82) is 0 Å². The summed E-state index contributed by atoms with van der Waals surface area (Å²) in [6, 6.07) is 11.7. The molecule has 0 bridgehead atoms. The van der Waals surface area contributed by atoms with E-state index in [1.807, 2.05) is 28.7 Å². The summed E-state index contributed by atoms with van der Waals surface area (Å²) >= 11 is 5.37. The molecule has 0 unspecified atom stereocenters. The van der Waals surface area contributed by atoms with Gasteiger partial charge in [-0.15, -0.1) is 0 Å². The van der Waals surface area contributed by atoms with Gasteiger partial charge in [-0.3, -0.25) is 4.90 Å². The number of hydrogen-bond donors (Lipinski definition) is 2. The number of nitrogens with two attached hydrogens (primary N) is 1. The van der Waals surface area contributed by atoms with Crippen LogP contribution in [0, 0.1) is 3.57 Å². The average molecular weight is 433 g/mol. The Hall–Kier alpha value is -1.28. The fraction of sp³-hybridized carbons (Fsp3) is 0. The standard InChI is InChI=1S/C13H10BrIN2O2/c14-8-4-1-2-6-10(8)17(13(16)19)11-7-3-5-9(15)12(11)18/h1-7,18H,(H2,16,19). The van der Waals surface area contributed by atoms with Crippen molar-refractivity contribution in [3.63, 3.8) is 0 Å². The first-order valence-electron chi connectivity index (χ1n) is 5.34. The maximum absolute atomic E-state index is 11.7. The number of anilines is 2. The molecule has 6 heteroatoms. The lowest BCUT2D eigenvalue weighted by Gasteiger charge is -2.23. The molecule has 0 fully saturated rings. The Kier molecular flexibility index (Phi) is 4.31. The number of amides is 2. The molecule has 0 radical (unpaired) electrons. The monoisotopic (exact) mass is 432 g/mol. The van der Waals surface area contributed by atoms with Gasteiger partial charge in [-0.05, 0) is 62.8 Å². The minimum absolute atomic E-state index is 0.0256. The van der Waals surface area contributed by atoms with Crippen LogP contribution in [0.4, 0.5) is 16.2 Å². The van der Waals surface area contributed by atoms with Crippen LogP contribution in [0.2, 0.25) is 0 Å². The summed E-state index contributed by atoms with van der Waals surface area (Å²) in [5.74, 6) is 0.0256. The van der Waals surface area contributed by atoms with Crippen molar-refractivity contribution in [2.24, 2.45) is 5.73 Å². The molecule has 0 aliphatic heterocycles. The van der Waals surface area contributed by atoms with E-state index in [-0.39, 0.29) is 5.75 Å². The Labute approximate surface area is 132 Å². The second-order valence-electron chi connectivity index (χ2n) is 3.73. The van der Waals surface area contributed by atoms with Gasteiger partial charge in [-0.1, -0.05) is 18.2 Å². The van der Waals surface area contributed by atoms with Crippen molar-refractivity contribution < 1.29 is 9.90 Å². The van der Waals surface area contributed by atoms with Crippen LogP contribution in [0.5, 0.6) is 5.75 Å². The minimum Gasteiger partial charge on any atom is -0.505 e. The van der Waals surface area contributed by atoms with E-state index in [9.17, 15) is 9.90 Å². The third kappa shape index (κ3) is 2.84. The number of para-hydroxylation sites is 2. The molecule has 4 nitrogen and oxygen atoms in total. The van der Waals surface area contributed by atoms with E-state index < -0.39 is 6.03 Å². The summed E-state index contributed by atoms with van der Waals surface area (Å²) in [5.41, 5.74) is 6.37. The largest absolute Gasteiger partial charge is 0.505 e. The number of carbonyl (C=O) groups is 1. The Morgan fingerprint density at radius 2 is 1.79 bits per heavy atom. The zero-order valence-electron chi connectivity index (χ0n) is 9.68. The molecule has 3 N–H and O–H groups in total. The predicted octanol–water partition coefficient (Wildman–Crippen LogP) is 3.98. The van der Waals surface area contributed by atoms with E-state index in [0.717, 1.165) is 0 Å². The quantitative estimate of drug-likeness (QED) is 0.705. The smallest absolute Gasteiger partial charge is 0.324 e. The number of phenols is 1. The second-order valence-corrected chi connectivity index (χ2v) is 5.75. The Morgan fingerprint density at radius 3 is 2.42 bits per heavy atom. The molecule has 0 heterocycles. The zero-order chi connectivity index (χ0) is 14.0. The van der Waals surface area contributed by atoms with Crippen molar-refractivity contribution in [3.05, 3.63) is 50.5 Å². The van der Waals surface area contributed by atoms with E-state index in [0.29, 0.717) is 19.4 Å². The molecule has 19 heavy (non-hydrogen) atoms. The molecule has 0 atom stereocenters. The molecule has 2 aromatic rings. The van der Waals surface area contributed by atoms with Crippen molar-refractivity contribution in [2.75, 3.05) is 4.90 Å². The van der Waals surface area contributed by atoms with Crippen LogP contribution in [-0.4, -0.2) is 11.1 Å². The van der Waals surface area contributed by atoms with Gasteiger partial charge >= 0.3 is 6.03 Å². The number of hydrogen-bond acceptors (Lipinski definition) is 2. The molecule has 0 aromatic heterocycles. The van der Waals surface area contributed by atoms with E-state index >= 15 is 0 Å². The molecule has 0 spiro atoms. The minimum atomic E-state index is -0.663. The van der Waals surface area contributed by atoms with Crippen LogP contribution in [0.25, 0.3) is 0 Å². The normalized spacial score (nSPS) is 10.2. The van der Waals surface area contributed by atoms with Crippen LogP contribution < -0.4 is 10.6 Å². The number of phenolic OH excluding ortho intramolecular Hbond substituents is 1. The maximum Gasteiger partial charge on any atom is 0.324 e. The number of primary amides is 1. The molecule has 0 aliphatic rings. The summed E-state index contributed by atoms with van der Waals surface area (Å²) in [7, 11) is 0. The fourth-order valence-electron chi connectivity index (χ4n) is 1.68. The number of halogens is 2. The summed E-state index contributed by atoms with van der Waals surface area (Å²) in [5, 5.41) is 10.1. The molecule has 2 rings (SSSR count). The highest BCUT2D eigenvalue weighted by Crippen LogP contribution is 2.38. The van der Waals surface area contributed by atoms with E-state index in [1.54, 1.807) is 36.4 Å². The predicted molar refractivity (Wildman–Crippen MR) is 86.7 cm³/mol. The molecule has 2 amide bonds. The van der Waals surface area contributed by atoms with E-state index in [1.165, 1.54) is 4.90 Å². The number of carbonyl (C=O) groups excluding carboxylic acids is 1. The highest BCUT2D eigenvalue weighted by molar-refractivity contribution is 14.1. The number of benzene rings is 2. The van der Waals surface area contributed by atoms with Gasteiger partial charge in [-0.2, -0.15) is 0 Å².